The summed E-state index contributed by atoms with van der Waals surface area (Å²) in [6.45, 7) is 1.91. The predicted octanol–water partition coefficient (Wildman–Crippen LogP) is 3.89. The Labute approximate surface area is 180 Å². The first kappa shape index (κ1) is 19.7. The molecular formula is C22H17F2N7O. The van der Waals surface area contributed by atoms with E-state index in [1.165, 1.54) is 53.6 Å². The summed E-state index contributed by atoms with van der Waals surface area (Å²) < 4.78 is 29.4. The first-order chi connectivity index (χ1) is 15.6. The molecule has 5 rings (SSSR count). The Hall–Kier alpha value is -4.21. The van der Waals surface area contributed by atoms with E-state index in [9.17, 15) is 13.6 Å². The van der Waals surface area contributed by atoms with Crippen LogP contribution in [0.3, 0.4) is 0 Å². The maximum Gasteiger partial charge on any atom is 0.269 e. The number of H-pyrrole nitrogens is 1. The Morgan fingerprint density at radius 1 is 1.09 bits per heavy atom. The Bertz CT molecular complexity index is 1490. The minimum absolute atomic E-state index is 0.132. The molecule has 0 aliphatic rings. The largest absolute Gasteiger partial charge is 0.358 e. The van der Waals surface area contributed by atoms with Gasteiger partial charge in [-0.2, -0.15) is 0 Å². The molecule has 0 unspecified atom stereocenters. The van der Waals surface area contributed by atoms with Crippen molar-refractivity contribution in [3.63, 3.8) is 0 Å². The molecule has 0 saturated heterocycles. The van der Waals surface area contributed by atoms with Gasteiger partial charge in [0.15, 0.2) is 11.5 Å². The maximum atomic E-state index is 14.5. The summed E-state index contributed by atoms with van der Waals surface area (Å²) in [5, 5.41) is 3.15. The molecule has 3 aromatic heterocycles. The standard InChI is InChI=1S/C22H17F2N7O/c1-2-15(29-20-18-19(26-10-25-18)27-11-28-20)21-30-16-5-3-4-14(24)17(16)22(32)31(21)13-8-6-12(23)7-9-13/h3-11,15H,2H2,1H3,(H2,25,26,27,28,29)/t15-/m1/s1. The highest BCUT2D eigenvalue weighted by molar-refractivity contribution is 5.82. The summed E-state index contributed by atoms with van der Waals surface area (Å²) in [6, 6.07) is 9.20. The molecule has 1 atom stereocenters. The summed E-state index contributed by atoms with van der Waals surface area (Å²) in [4.78, 5) is 33.6. The normalized spacial score (nSPS) is 12.3. The highest BCUT2D eigenvalue weighted by Crippen LogP contribution is 2.26. The van der Waals surface area contributed by atoms with E-state index >= 15 is 0 Å². The van der Waals surface area contributed by atoms with Gasteiger partial charge in [0.2, 0.25) is 0 Å². The lowest BCUT2D eigenvalue weighted by molar-refractivity contribution is 0.623. The summed E-state index contributed by atoms with van der Waals surface area (Å²) in [5.74, 6) is -0.320. The van der Waals surface area contributed by atoms with Crippen molar-refractivity contribution in [2.24, 2.45) is 0 Å². The number of imidazole rings is 1. The molecule has 8 nitrogen and oxygen atoms in total. The molecule has 2 N–H and O–H groups in total. The summed E-state index contributed by atoms with van der Waals surface area (Å²) in [5.41, 5.74) is 1.12. The molecule has 32 heavy (non-hydrogen) atoms. The van der Waals surface area contributed by atoms with Gasteiger partial charge in [0.05, 0.1) is 23.6 Å². The Balaban J connectivity index is 1.74. The van der Waals surface area contributed by atoms with Crippen molar-refractivity contribution in [1.82, 2.24) is 29.5 Å². The topological polar surface area (TPSA) is 101 Å². The second kappa shape index (κ2) is 7.80. The molecule has 0 saturated carbocycles. The number of hydrogen-bond acceptors (Lipinski definition) is 6. The van der Waals surface area contributed by atoms with Gasteiger partial charge in [0, 0.05) is 0 Å². The smallest absolute Gasteiger partial charge is 0.269 e. The van der Waals surface area contributed by atoms with Crippen LogP contribution >= 0.6 is 0 Å². The van der Waals surface area contributed by atoms with Crippen molar-refractivity contribution in [3.8, 4) is 5.69 Å². The number of anilines is 1. The lowest BCUT2D eigenvalue weighted by Crippen LogP contribution is -2.28. The van der Waals surface area contributed by atoms with Gasteiger partial charge in [-0.1, -0.05) is 13.0 Å². The van der Waals surface area contributed by atoms with Crippen molar-refractivity contribution in [3.05, 3.63) is 82.9 Å². The van der Waals surface area contributed by atoms with Crippen LogP contribution in [0.1, 0.15) is 25.2 Å². The molecule has 0 amide bonds. The summed E-state index contributed by atoms with van der Waals surface area (Å²) >= 11 is 0. The van der Waals surface area contributed by atoms with Crippen LogP contribution in [0.25, 0.3) is 27.8 Å². The molecule has 0 bridgehead atoms. The average Bonchev–Trinajstić information content (AvgIpc) is 3.28. The van der Waals surface area contributed by atoms with E-state index in [2.05, 4.69) is 30.2 Å². The number of nitrogens with zero attached hydrogens (tertiary/aromatic N) is 5. The Morgan fingerprint density at radius 3 is 2.69 bits per heavy atom. The van der Waals surface area contributed by atoms with Gasteiger partial charge in [0.25, 0.3) is 5.56 Å². The zero-order chi connectivity index (χ0) is 22.2. The number of hydrogen-bond donors (Lipinski definition) is 2. The first-order valence-electron chi connectivity index (χ1n) is 9.94. The number of rotatable bonds is 5. The van der Waals surface area contributed by atoms with Crippen LogP contribution in [0.15, 0.2) is 59.9 Å². The van der Waals surface area contributed by atoms with E-state index in [-0.39, 0.29) is 10.9 Å². The second-order valence-corrected chi connectivity index (χ2v) is 7.15. The number of benzene rings is 2. The van der Waals surface area contributed by atoms with E-state index in [1.807, 2.05) is 6.92 Å². The van der Waals surface area contributed by atoms with E-state index in [4.69, 9.17) is 0 Å². The zero-order valence-electron chi connectivity index (χ0n) is 16.9. The van der Waals surface area contributed by atoms with Crippen LogP contribution in [0, 0.1) is 11.6 Å². The van der Waals surface area contributed by atoms with E-state index in [1.54, 1.807) is 6.07 Å². The van der Waals surface area contributed by atoms with Crippen LogP contribution < -0.4 is 10.9 Å². The fourth-order valence-electron chi connectivity index (χ4n) is 3.66. The van der Waals surface area contributed by atoms with Gasteiger partial charge >= 0.3 is 0 Å². The SMILES string of the molecule is CC[C@@H](Nc1ncnc2[nH]cnc12)c1nc2cccc(F)c2c(=O)n1-c1ccc(F)cc1. The van der Waals surface area contributed by atoms with Gasteiger partial charge in [-0.15, -0.1) is 0 Å². The molecule has 0 fully saturated rings. The number of aromatic nitrogens is 6. The van der Waals surface area contributed by atoms with Gasteiger partial charge < -0.3 is 10.3 Å². The molecule has 10 heteroatoms. The summed E-state index contributed by atoms with van der Waals surface area (Å²) in [7, 11) is 0. The average molecular weight is 433 g/mol. The second-order valence-electron chi connectivity index (χ2n) is 7.15. The fourth-order valence-corrected chi connectivity index (χ4v) is 3.66. The highest BCUT2D eigenvalue weighted by atomic mass is 19.1. The van der Waals surface area contributed by atoms with Gasteiger partial charge in [-0.3, -0.25) is 9.36 Å². The third-order valence-electron chi connectivity index (χ3n) is 5.21. The van der Waals surface area contributed by atoms with Crippen LogP contribution in [-0.4, -0.2) is 29.5 Å². The number of nitrogens with one attached hydrogen (secondary N) is 2. The van der Waals surface area contributed by atoms with Crippen LogP contribution in [0.4, 0.5) is 14.6 Å². The number of fused-ring (bicyclic) bond motifs is 2. The summed E-state index contributed by atoms with van der Waals surface area (Å²) in [6.07, 6.45) is 3.42. The Kier molecular flexibility index (Phi) is 4.81. The molecule has 5 aromatic rings. The molecule has 0 spiro atoms. The van der Waals surface area contributed by atoms with E-state index < -0.39 is 23.2 Å². The van der Waals surface area contributed by atoms with Gasteiger partial charge in [0.1, 0.15) is 34.7 Å². The number of halogens is 2. The third kappa shape index (κ3) is 3.25. The van der Waals surface area contributed by atoms with Crippen molar-refractivity contribution < 1.29 is 8.78 Å². The van der Waals surface area contributed by atoms with Crippen LogP contribution in [0.5, 0.6) is 0 Å². The van der Waals surface area contributed by atoms with Gasteiger partial charge in [-0.05, 0) is 42.8 Å². The maximum absolute atomic E-state index is 14.5. The monoisotopic (exact) mass is 433 g/mol. The molecule has 3 heterocycles. The molecule has 2 aromatic carbocycles. The molecule has 0 aliphatic carbocycles. The minimum atomic E-state index is -0.669. The van der Waals surface area contributed by atoms with E-state index in [0.29, 0.717) is 34.9 Å². The highest BCUT2D eigenvalue weighted by Gasteiger charge is 2.23. The lowest BCUT2D eigenvalue weighted by atomic mass is 10.1. The Morgan fingerprint density at radius 2 is 1.91 bits per heavy atom. The molecular weight excluding hydrogens is 416 g/mol. The quantitative estimate of drug-likeness (QED) is 0.436. The molecule has 0 radical (unpaired) electrons. The minimum Gasteiger partial charge on any atom is -0.358 e. The van der Waals surface area contributed by atoms with Crippen molar-refractivity contribution in [2.45, 2.75) is 19.4 Å². The first-order valence-corrected chi connectivity index (χ1v) is 9.94. The van der Waals surface area contributed by atoms with E-state index in [0.717, 1.165) is 0 Å². The van der Waals surface area contributed by atoms with Crippen molar-refractivity contribution in [1.29, 1.82) is 0 Å². The van der Waals surface area contributed by atoms with Crippen molar-refractivity contribution in [2.75, 3.05) is 5.32 Å². The fraction of sp³-hybridized carbons (Fsp3) is 0.136. The molecule has 0 aliphatic heterocycles. The van der Waals surface area contributed by atoms with Gasteiger partial charge in [-0.25, -0.2) is 28.7 Å². The zero-order valence-corrected chi connectivity index (χ0v) is 16.9. The lowest BCUT2D eigenvalue weighted by Gasteiger charge is -2.22. The third-order valence-corrected chi connectivity index (χ3v) is 5.21. The predicted molar refractivity (Wildman–Crippen MR) is 116 cm³/mol. The molecule has 160 valence electrons. The van der Waals surface area contributed by atoms with Crippen molar-refractivity contribution >= 4 is 27.9 Å². The number of aromatic amines is 1. The van der Waals surface area contributed by atoms with Crippen LogP contribution in [-0.2, 0) is 0 Å². The van der Waals surface area contributed by atoms with Crippen LogP contribution in [0.2, 0.25) is 0 Å².